The second kappa shape index (κ2) is 6.78. The number of tetrazole rings is 1. The van der Waals surface area contributed by atoms with E-state index in [9.17, 15) is 0 Å². The van der Waals surface area contributed by atoms with E-state index in [1.54, 1.807) is 7.11 Å². The van der Waals surface area contributed by atoms with Crippen LogP contribution in [0.5, 0.6) is 5.75 Å². The number of hydrogen-bond donors (Lipinski definition) is 1. The molecule has 0 atom stereocenters. The smallest absolute Gasteiger partial charge is 0.181 e. The van der Waals surface area contributed by atoms with E-state index in [1.165, 1.54) is 5.56 Å². The molecule has 0 bridgehead atoms. The number of nitrogens with one attached hydrogen (secondary N) is 1. The number of hydrogen-bond acceptors (Lipinski definition) is 5. The lowest BCUT2D eigenvalue weighted by molar-refractivity contribution is 0.414. The molecule has 1 saturated carbocycles. The van der Waals surface area contributed by atoms with Gasteiger partial charge in [-0.1, -0.05) is 30.5 Å². The van der Waals surface area contributed by atoms with Gasteiger partial charge in [0, 0.05) is 5.69 Å². The zero-order valence-electron chi connectivity index (χ0n) is 15.1. The predicted molar refractivity (Wildman–Crippen MR) is 101 cm³/mol. The maximum Gasteiger partial charge on any atom is 0.181 e. The minimum Gasteiger partial charge on any atom is -0.497 e. The van der Waals surface area contributed by atoms with Gasteiger partial charge in [0.1, 0.15) is 5.75 Å². The zero-order chi connectivity index (χ0) is 18.0. The van der Waals surface area contributed by atoms with Crippen LogP contribution in [0.25, 0.3) is 5.69 Å². The lowest BCUT2D eigenvalue weighted by Crippen LogP contribution is -2.35. The third-order valence-corrected chi connectivity index (χ3v) is 5.11. The van der Waals surface area contributed by atoms with E-state index in [-0.39, 0.29) is 5.54 Å². The van der Waals surface area contributed by atoms with Crippen LogP contribution in [0.1, 0.15) is 37.1 Å². The fourth-order valence-electron chi connectivity index (χ4n) is 3.68. The first-order valence-corrected chi connectivity index (χ1v) is 8.98. The van der Waals surface area contributed by atoms with Gasteiger partial charge in [-0.3, -0.25) is 0 Å². The number of ether oxygens (including phenoxy) is 1. The van der Waals surface area contributed by atoms with Crippen LogP contribution in [0.2, 0.25) is 0 Å². The van der Waals surface area contributed by atoms with Crippen LogP contribution in [-0.4, -0.2) is 27.3 Å². The van der Waals surface area contributed by atoms with Crippen molar-refractivity contribution in [2.24, 2.45) is 0 Å². The lowest BCUT2D eigenvalue weighted by atomic mass is 9.95. The van der Waals surface area contributed by atoms with Crippen LogP contribution >= 0.6 is 0 Å². The van der Waals surface area contributed by atoms with E-state index in [1.807, 2.05) is 28.9 Å². The summed E-state index contributed by atoms with van der Waals surface area (Å²) in [4.78, 5) is 0. The van der Waals surface area contributed by atoms with Gasteiger partial charge < -0.3 is 10.1 Å². The normalized spacial score (nSPS) is 15.8. The molecular formula is C20H23N5O. The summed E-state index contributed by atoms with van der Waals surface area (Å²) in [5.41, 5.74) is 2.99. The Hall–Kier alpha value is -2.89. The molecule has 1 heterocycles. The number of aromatic nitrogens is 4. The van der Waals surface area contributed by atoms with Gasteiger partial charge in [0.15, 0.2) is 5.82 Å². The molecule has 0 spiro atoms. The average Bonchev–Trinajstić information content (AvgIpc) is 3.33. The first-order chi connectivity index (χ1) is 12.7. The van der Waals surface area contributed by atoms with Crippen molar-refractivity contribution >= 4 is 5.69 Å². The third kappa shape index (κ3) is 3.03. The van der Waals surface area contributed by atoms with Crippen molar-refractivity contribution in [2.45, 2.75) is 38.1 Å². The van der Waals surface area contributed by atoms with E-state index in [2.05, 4.69) is 52.0 Å². The third-order valence-electron chi connectivity index (χ3n) is 5.11. The second-order valence-electron chi connectivity index (χ2n) is 6.89. The highest BCUT2D eigenvalue weighted by Gasteiger charge is 2.40. The van der Waals surface area contributed by atoms with E-state index in [0.29, 0.717) is 0 Å². The van der Waals surface area contributed by atoms with Gasteiger partial charge in [-0.05, 0) is 66.6 Å². The Labute approximate surface area is 153 Å². The summed E-state index contributed by atoms with van der Waals surface area (Å²) in [6.45, 7) is 2.08. The summed E-state index contributed by atoms with van der Waals surface area (Å²) >= 11 is 0. The van der Waals surface area contributed by atoms with Gasteiger partial charge in [-0.25, -0.2) is 0 Å². The largest absolute Gasteiger partial charge is 0.497 e. The summed E-state index contributed by atoms with van der Waals surface area (Å²) in [7, 11) is 1.68. The van der Waals surface area contributed by atoms with Crippen LogP contribution in [0, 0.1) is 6.92 Å². The van der Waals surface area contributed by atoms with E-state index in [0.717, 1.165) is 48.6 Å². The predicted octanol–water partition coefficient (Wildman–Crippen LogP) is 3.86. The van der Waals surface area contributed by atoms with E-state index < -0.39 is 0 Å². The van der Waals surface area contributed by atoms with Crippen LogP contribution < -0.4 is 10.1 Å². The molecule has 0 radical (unpaired) electrons. The first-order valence-electron chi connectivity index (χ1n) is 8.98. The van der Waals surface area contributed by atoms with Crippen LogP contribution in [0.4, 0.5) is 5.69 Å². The molecule has 1 aliphatic carbocycles. The summed E-state index contributed by atoms with van der Waals surface area (Å²) in [5.74, 6) is 1.72. The number of nitrogens with zero attached hydrogens (tertiary/aromatic N) is 4. The summed E-state index contributed by atoms with van der Waals surface area (Å²) in [6.07, 6.45) is 4.32. The van der Waals surface area contributed by atoms with Crippen molar-refractivity contribution < 1.29 is 4.74 Å². The highest BCUT2D eigenvalue weighted by atomic mass is 16.5. The Morgan fingerprint density at radius 2 is 1.69 bits per heavy atom. The van der Waals surface area contributed by atoms with Gasteiger partial charge >= 0.3 is 0 Å². The zero-order valence-corrected chi connectivity index (χ0v) is 15.1. The molecule has 0 aliphatic heterocycles. The Morgan fingerprint density at radius 3 is 2.35 bits per heavy atom. The van der Waals surface area contributed by atoms with Gasteiger partial charge in [0.25, 0.3) is 0 Å². The summed E-state index contributed by atoms with van der Waals surface area (Å²) < 4.78 is 7.12. The molecule has 2 aromatic carbocycles. The van der Waals surface area contributed by atoms with Crippen molar-refractivity contribution in [1.29, 1.82) is 0 Å². The summed E-state index contributed by atoms with van der Waals surface area (Å²) in [6, 6.07) is 16.3. The topological polar surface area (TPSA) is 64.9 Å². The van der Waals surface area contributed by atoms with E-state index >= 15 is 0 Å². The maximum absolute atomic E-state index is 5.26. The SMILES string of the molecule is COc1ccc(NC2(c3nnnn3-c3ccc(C)cc3)CCCC2)cc1. The monoisotopic (exact) mass is 349 g/mol. The van der Waals surface area contributed by atoms with Crippen molar-refractivity contribution in [3.63, 3.8) is 0 Å². The van der Waals surface area contributed by atoms with Gasteiger partial charge in [-0.2, -0.15) is 4.68 Å². The molecule has 26 heavy (non-hydrogen) atoms. The molecule has 1 aliphatic rings. The number of benzene rings is 2. The molecule has 0 saturated heterocycles. The number of methoxy groups -OCH3 is 1. The molecule has 6 heteroatoms. The van der Waals surface area contributed by atoms with Gasteiger partial charge in [-0.15, -0.1) is 5.10 Å². The molecule has 3 aromatic rings. The van der Waals surface area contributed by atoms with Crippen LogP contribution in [-0.2, 0) is 5.54 Å². The minimum atomic E-state index is -0.261. The highest BCUT2D eigenvalue weighted by Crippen LogP contribution is 2.41. The molecule has 1 aromatic heterocycles. The van der Waals surface area contributed by atoms with Crippen LogP contribution in [0.15, 0.2) is 48.5 Å². The highest BCUT2D eigenvalue weighted by molar-refractivity contribution is 5.50. The fraction of sp³-hybridized carbons (Fsp3) is 0.350. The second-order valence-corrected chi connectivity index (χ2v) is 6.89. The number of rotatable bonds is 5. The molecule has 0 amide bonds. The summed E-state index contributed by atoms with van der Waals surface area (Å²) in [5, 5.41) is 16.4. The Kier molecular flexibility index (Phi) is 4.32. The first kappa shape index (κ1) is 16.6. The Balaban J connectivity index is 1.70. The molecule has 1 fully saturated rings. The van der Waals surface area contributed by atoms with Gasteiger partial charge in [0.05, 0.1) is 18.3 Å². The molecule has 1 N–H and O–H groups in total. The molecule has 4 rings (SSSR count). The Morgan fingerprint density at radius 1 is 1.00 bits per heavy atom. The average molecular weight is 349 g/mol. The van der Waals surface area contributed by atoms with E-state index in [4.69, 9.17) is 4.74 Å². The molecule has 0 unspecified atom stereocenters. The number of anilines is 1. The molecule has 134 valence electrons. The van der Waals surface area contributed by atoms with Crippen LogP contribution in [0.3, 0.4) is 0 Å². The standard InChI is InChI=1S/C20H23N5O/c1-15-5-9-17(10-6-15)25-19(22-23-24-25)20(13-3-4-14-20)21-16-7-11-18(26-2)12-8-16/h5-12,21H,3-4,13-14H2,1-2H3. The molecular weight excluding hydrogens is 326 g/mol. The maximum atomic E-state index is 5.26. The van der Waals surface area contributed by atoms with Gasteiger partial charge in [0.2, 0.25) is 0 Å². The van der Waals surface area contributed by atoms with Crippen molar-refractivity contribution in [1.82, 2.24) is 20.2 Å². The fourth-order valence-corrected chi connectivity index (χ4v) is 3.68. The minimum absolute atomic E-state index is 0.261. The quantitative estimate of drug-likeness (QED) is 0.758. The number of aryl methyl sites for hydroxylation is 1. The van der Waals surface area contributed by atoms with Crippen molar-refractivity contribution in [3.05, 3.63) is 59.9 Å². The lowest BCUT2D eigenvalue weighted by Gasteiger charge is -2.30. The Bertz CT molecular complexity index is 864. The molecule has 6 nitrogen and oxygen atoms in total. The van der Waals surface area contributed by atoms with Crippen molar-refractivity contribution in [3.8, 4) is 11.4 Å². The van der Waals surface area contributed by atoms with Crippen molar-refractivity contribution in [2.75, 3.05) is 12.4 Å².